The zero-order chi connectivity index (χ0) is 16.8. The Hall–Kier alpha value is -2.33. The Kier molecular flexibility index (Phi) is 5.49. The lowest BCUT2D eigenvalue weighted by molar-refractivity contribution is -0.125. The van der Waals surface area contributed by atoms with E-state index in [1.807, 2.05) is 42.5 Å². The number of likely N-dealkylation sites (tertiary alicyclic amines) is 1. The van der Waals surface area contributed by atoms with Crippen LogP contribution < -0.4 is 11.1 Å². The highest BCUT2D eigenvalue weighted by molar-refractivity contribution is 5.82. The lowest BCUT2D eigenvalue weighted by Crippen LogP contribution is -2.43. The third-order valence-corrected chi connectivity index (χ3v) is 4.59. The molecule has 2 aromatic carbocycles. The van der Waals surface area contributed by atoms with Crippen molar-refractivity contribution in [3.05, 3.63) is 65.7 Å². The van der Waals surface area contributed by atoms with Crippen LogP contribution in [0.4, 0.5) is 5.69 Å². The molecule has 1 saturated heterocycles. The van der Waals surface area contributed by atoms with Gasteiger partial charge in [-0.15, -0.1) is 0 Å². The van der Waals surface area contributed by atoms with Gasteiger partial charge in [0.1, 0.15) is 0 Å². The second-order valence-electron chi connectivity index (χ2n) is 6.40. The van der Waals surface area contributed by atoms with Crippen LogP contribution in [0, 0.1) is 0 Å². The zero-order valence-corrected chi connectivity index (χ0v) is 13.9. The number of benzene rings is 2. The first kappa shape index (κ1) is 16.5. The van der Waals surface area contributed by atoms with Crippen LogP contribution in [0.3, 0.4) is 0 Å². The topological polar surface area (TPSA) is 58.4 Å². The maximum absolute atomic E-state index is 12.5. The number of nitrogens with one attached hydrogen (secondary N) is 1. The van der Waals surface area contributed by atoms with Gasteiger partial charge in [0.2, 0.25) is 5.91 Å². The van der Waals surface area contributed by atoms with Gasteiger partial charge in [0, 0.05) is 18.8 Å². The molecule has 3 N–H and O–H groups in total. The predicted molar refractivity (Wildman–Crippen MR) is 97.4 cm³/mol. The Morgan fingerprint density at radius 2 is 1.83 bits per heavy atom. The molecule has 1 atom stereocenters. The number of anilines is 1. The fourth-order valence-electron chi connectivity index (χ4n) is 3.26. The van der Waals surface area contributed by atoms with Crippen molar-refractivity contribution < 1.29 is 4.79 Å². The van der Waals surface area contributed by atoms with E-state index < -0.39 is 0 Å². The Labute approximate surface area is 143 Å². The molecule has 0 aliphatic carbocycles. The van der Waals surface area contributed by atoms with Crippen LogP contribution in [0.15, 0.2) is 54.6 Å². The highest BCUT2D eigenvalue weighted by Gasteiger charge is 2.30. The number of nitrogen functional groups attached to an aromatic ring is 1. The minimum atomic E-state index is -0.00313. The minimum absolute atomic E-state index is 0.00313. The quantitative estimate of drug-likeness (QED) is 0.803. The van der Waals surface area contributed by atoms with Crippen LogP contribution in [0.2, 0.25) is 0 Å². The molecule has 1 amide bonds. The number of nitrogens with zero attached hydrogens (tertiary/aromatic N) is 1. The van der Waals surface area contributed by atoms with Crippen LogP contribution in [-0.2, 0) is 17.8 Å². The van der Waals surface area contributed by atoms with Crippen molar-refractivity contribution in [2.24, 2.45) is 0 Å². The molecule has 4 nitrogen and oxygen atoms in total. The summed E-state index contributed by atoms with van der Waals surface area (Å²) in [6.07, 6.45) is 2.86. The number of carbonyl (C=O) groups excluding carboxylic acids is 1. The van der Waals surface area contributed by atoms with Crippen molar-refractivity contribution in [3.63, 3.8) is 0 Å². The Morgan fingerprint density at radius 1 is 1.08 bits per heavy atom. The fourth-order valence-corrected chi connectivity index (χ4v) is 3.26. The van der Waals surface area contributed by atoms with E-state index in [4.69, 9.17) is 5.73 Å². The molecule has 1 heterocycles. The molecule has 0 radical (unpaired) electrons. The summed E-state index contributed by atoms with van der Waals surface area (Å²) in [5, 5.41) is 3.09. The van der Waals surface area contributed by atoms with E-state index >= 15 is 0 Å². The number of hydrogen-bond donors (Lipinski definition) is 2. The lowest BCUT2D eigenvalue weighted by atomic mass is 10.1. The molecule has 3 rings (SSSR count). The molecule has 0 spiro atoms. The maximum Gasteiger partial charge on any atom is 0.237 e. The molecule has 24 heavy (non-hydrogen) atoms. The van der Waals surface area contributed by atoms with E-state index in [0.29, 0.717) is 6.54 Å². The average Bonchev–Trinajstić information content (AvgIpc) is 3.06. The molecule has 4 heteroatoms. The SMILES string of the molecule is Nc1ccc(CCNC(=O)C2CCCN2Cc2ccccc2)cc1. The normalized spacial score (nSPS) is 17.8. The molecule has 0 saturated carbocycles. The van der Waals surface area contributed by atoms with Crippen molar-refractivity contribution in [1.29, 1.82) is 0 Å². The Balaban J connectivity index is 1.49. The summed E-state index contributed by atoms with van der Waals surface area (Å²) in [6.45, 7) is 2.50. The third-order valence-electron chi connectivity index (χ3n) is 4.59. The van der Waals surface area contributed by atoms with Crippen LogP contribution in [0.25, 0.3) is 0 Å². The van der Waals surface area contributed by atoms with Gasteiger partial charge in [0.25, 0.3) is 0 Å². The van der Waals surface area contributed by atoms with E-state index in [-0.39, 0.29) is 11.9 Å². The smallest absolute Gasteiger partial charge is 0.237 e. The van der Waals surface area contributed by atoms with Gasteiger partial charge in [-0.25, -0.2) is 0 Å². The van der Waals surface area contributed by atoms with E-state index in [1.165, 1.54) is 11.1 Å². The number of hydrogen-bond acceptors (Lipinski definition) is 3. The summed E-state index contributed by atoms with van der Waals surface area (Å²) in [5.74, 6) is 0.152. The maximum atomic E-state index is 12.5. The molecule has 1 fully saturated rings. The second-order valence-corrected chi connectivity index (χ2v) is 6.40. The van der Waals surface area contributed by atoms with E-state index in [9.17, 15) is 4.79 Å². The standard InChI is InChI=1S/C20H25N3O/c21-18-10-8-16(9-11-18)12-13-22-20(24)19-7-4-14-23(19)15-17-5-2-1-3-6-17/h1-3,5-6,8-11,19H,4,7,12-15,21H2,(H,22,24). The van der Waals surface area contributed by atoms with Crippen LogP contribution in [0.5, 0.6) is 0 Å². The van der Waals surface area contributed by atoms with Crippen molar-refractivity contribution in [2.45, 2.75) is 31.8 Å². The first-order valence-electron chi connectivity index (χ1n) is 8.62. The van der Waals surface area contributed by atoms with E-state index in [1.54, 1.807) is 0 Å². The van der Waals surface area contributed by atoms with E-state index in [2.05, 4.69) is 22.3 Å². The zero-order valence-electron chi connectivity index (χ0n) is 13.9. The largest absolute Gasteiger partial charge is 0.399 e. The number of carbonyl (C=O) groups is 1. The monoisotopic (exact) mass is 323 g/mol. The fraction of sp³-hybridized carbons (Fsp3) is 0.350. The van der Waals surface area contributed by atoms with Crippen molar-refractivity contribution in [1.82, 2.24) is 10.2 Å². The predicted octanol–water partition coefficient (Wildman–Crippen LogP) is 2.59. The summed E-state index contributed by atoms with van der Waals surface area (Å²) in [5.41, 5.74) is 8.91. The molecule has 0 aromatic heterocycles. The summed E-state index contributed by atoms with van der Waals surface area (Å²) < 4.78 is 0. The molecular weight excluding hydrogens is 298 g/mol. The molecule has 0 bridgehead atoms. The highest BCUT2D eigenvalue weighted by Crippen LogP contribution is 2.20. The number of nitrogens with two attached hydrogens (primary N) is 1. The van der Waals surface area contributed by atoms with Gasteiger partial charge >= 0.3 is 0 Å². The molecule has 126 valence electrons. The van der Waals surface area contributed by atoms with Crippen molar-refractivity contribution >= 4 is 11.6 Å². The van der Waals surface area contributed by atoms with Gasteiger partial charge in [-0.3, -0.25) is 9.69 Å². The molecular formula is C20H25N3O. The summed E-state index contributed by atoms with van der Waals surface area (Å²) in [6, 6.07) is 18.2. The van der Waals surface area contributed by atoms with Gasteiger partial charge in [0.05, 0.1) is 6.04 Å². The highest BCUT2D eigenvalue weighted by atomic mass is 16.2. The first-order valence-corrected chi connectivity index (χ1v) is 8.62. The average molecular weight is 323 g/mol. The summed E-state index contributed by atoms with van der Waals surface area (Å²) in [7, 11) is 0. The van der Waals surface area contributed by atoms with Crippen molar-refractivity contribution in [2.75, 3.05) is 18.8 Å². The lowest BCUT2D eigenvalue weighted by Gasteiger charge is -2.23. The van der Waals surface area contributed by atoms with Gasteiger partial charge in [0.15, 0.2) is 0 Å². The molecule has 1 aliphatic rings. The number of rotatable bonds is 6. The van der Waals surface area contributed by atoms with Crippen LogP contribution in [0.1, 0.15) is 24.0 Å². The Morgan fingerprint density at radius 3 is 2.58 bits per heavy atom. The van der Waals surface area contributed by atoms with Gasteiger partial charge in [-0.05, 0) is 49.1 Å². The summed E-state index contributed by atoms with van der Waals surface area (Å²) in [4.78, 5) is 14.8. The number of amides is 1. The summed E-state index contributed by atoms with van der Waals surface area (Å²) >= 11 is 0. The van der Waals surface area contributed by atoms with E-state index in [0.717, 1.165) is 38.0 Å². The van der Waals surface area contributed by atoms with Crippen molar-refractivity contribution in [3.8, 4) is 0 Å². The molecule has 2 aromatic rings. The third kappa shape index (κ3) is 4.36. The van der Waals surface area contributed by atoms with Gasteiger partial charge in [-0.1, -0.05) is 42.5 Å². The Bertz CT molecular complexity index is 654. The molecule has 1 aliphatic heterocycles. The molecule has 1 unspecified atom stereocenters. The van der Waals surface area contributed by atoms with Gasteiger partial charge < -0.3 is 11.1 Å². The van der Waals surface area contributed by atoms with Crippen LogP contribution >= 0.6 is 0 Å². The minimum Gasteiger partial charge on any atom is -0.399 e. The second kappa shape index (κ2) is 7.97. The van der Waals surface area contributed by atoms with Gasteiger partial charge in [-0.2, -0.15) is 0 Å². The first-order chi connectivity index (χ1) is 11.7. The van der Waals surface area contributed by atoms with Crippen LogP contribution in [-0.4, -0.2) is 29.9 Å².